The zero-order chi connectivity index (χ0) is 16.4. The van der Waals surface area contributed by atoms with Crippen molar-refractivity contribution in [2.75, 3.05) is 0 Å². The van der Waals surface area contributed by atoms with E-state index in [1.165, 1.54) is 0 Å². The van der Waals surface area contributed by atoms with Crippen LogP contribution < -0.4 is 10.5 Å². The molecule has 118 valence electrons. The highest BCUT2D eigenvalue weighted by atomic mass is 32.2. The molecular formula is C17H14N5OS+. The summed E-state index contributed by atoms with van der Waals surface area (Å²) in [6.45, 7) is 0. The van der Waals surface area contributed by atoms with Gasteiger partial charge in [0, 0.05) is 12.1 Å². The fraction of sp³-hybridized carbons (Fsp3) is 0.0588. The third-order valence-corrected chi connectivity index (χ3v) is 4.52. The molecule has 0 atom stereocenters. The third kappa shape index (κ3) is 2.81. The van der Waals surface area contributed by atoms with Crippen LogP contribution >= 0.6 is 11.8 Å². The molecule has 0 spiro atoms. The fourth-order valence-electron chi connectivity index (χ4n) is 2.40. The van der Waals surface area contributed by atoms with Crippen LogP contribution in [-0.4, -0.2) is 19.7 Å². The van der Waals surface area contributed by atoms with Gasteiger partial charge in [-0.1, -0.05) is 18.2 Å². The Morgan fingerprint density at radius 3 is 2.75 bits per heavy atom. The topological polar surface area (TPSA) is 77.7 Å². The number of hydrogen-bond acceptors (Lipinski definition) is 4. The van der Waals surface area contributed by atoms with Crippen molar-refractivity contribution < 1.29 is 4.98 Å². The van der Waals surface area contributed by atoms with Gasteiger partial charge in [-0.15, -0.1) is 0 Å². The molecule has 0 aliphatic carbocycles. The molecule has 0 saturated heterocycles. The zero-order valence-electron chi connectivity index (χ0n) is 12.6. The Bertz CT molecular complexity index is 1030. The van der Waals surface area contributed by atoms with E-state index in [9.17, 15) is 4.79 Å². The first-order valence-corrected chi connectivity index (χ1v) is 8.42. The molecule has 0 bridgehead atoms. The number of aromatic nitrogens is 5. The Labute approximate surface area is 141 Å². The Morgan fingerprint density at radius 1 is 1.12 bits per heavy atom. The summed E-state index contributed by atoms with van der Waals surface area (Å²) in [6, 6.07) is 15.5. The molecule has 0 fully saturated rings. The van der Waals surface area contributed by atoms with Crippen LogP contribution in [0.5, 0.6) is 0 Å². The number of fused-ring (bicyclic) bond motifs is 1. The van der Waals surface area contributed by atoms with Crippen LogP contribution in [0.25, 0.3) is 16.7 Å². The molecule has 0 unspecified atom stereocenters. The number of H-pyrrole nitrogens is 2. The van der Waals surface area contributed by atoms with E-state index in [0.29, 0.717) is 22.6 Å². The number of rotatable bonds is 4. The lowest BCUT2D eigenvalue weighted by molar-refractivity contribution is -0.426. The molecule has 0 aliphatic rings. The summed E-state index contributed by atoms with van der Waals surface area (Å²) in [6.07, 6.45) is 3.42. The van der Waals surface area contributed by atoms with E-state index in [-0.39, 0.29) is 5.56 Å². The van der Waals surface area contributed by atoms with Gasteiger partial charge in [0.1, 0.15) is 11.2 Å². The molecule has 0 aliphatic heterocycles. The quantitative estimate of drug-likeness (QED) is 0.580. The van der Waals surface area contributed by atoms with Gasteiger partial charge in [0.05, 0.1) is 17.6 Å². The Kier molecular flexibility index (Phi) is 3.84. The summed E-state index contributed by atoms with van der Waals surface area (Å²) < 4.78 is 1.69. The number of aromatic amines is 2. The molecule has 24 heavy (non-hydrogen) atoms. The second-order valence-corrected chi connectivity index (χ2v) is 6.17. The Hall–Kier alpha value is -2.93. The van der Waals surface area contributed by atoms with E-state index < -0.39 is 0 Å². The van der Waals surface area contributed by atoms with Crippen molar-refractivity contribution in [1.29, 1.82) is 0 Å². The second-order valence-electron chi connectivity index (χ2n) is 5.16. The molecule has 3 heterocycles. The molecule has 0 saturated carbocycles. The Balaban J connectivity index is 1.72. The van der Waals surface area contributed by atoms with Gasteiger partial charge >= 0.3 is 0 Å². The van der Waals surface area contributed by atoms with Crippen molar-refractivity contribution in [3.05, 3.63) is 77.1 Å². The van der Waals surface area contributed by atoms with E-state index in [1.54, 1.807) is 22.6 Å². The lowest BCUT2D eigenvalue weighted by Crippen LogP contribution is -2.12. The first-order valence-electron chi connectivity index (χ1n) is 7.43. The lowest BCUT2D eigenvalue weighted by Gasteiger charge is -2.03. The van der Waals surface area contributed by atoms with Gasteiger partial charge in [-0.3, -0.25) is 4.79 Å². The summed E-state index contributed by atoms with van der Waals surface area (Å²) in [7, 11) is 0. The van der Waals surface area contributed by atoms with Gasteiger partial charge in [0.25, 0.3) is 5.56 Å². The van der Waals surface area contributed by atoms with Gasteiger partial charge in [0.2, 0.25) is 5.03 Å². The standard InChI is InChI=1S/C17H13N5OS/c23-17-13-10-19-22(12-6-2-1-3-7-12)16(13)20-14(21-17)11-24-15-8-4-5-9-18-15/h1-10H,11H2,(H,20,21,23)/p+1. The summed E-state index contributed by atoms with van der Waals surface area (Å²) in [5.41, 5.74) is 1.27. The normalized spacial score (nSPS) is 11.0. The van der Waals surface area contributed by atoms with Gasteiger partial charge in [-0.25, -0.2) is 14.6 Å². The smallest absolute Gasteiger partial charge is 0.262 e. The highest BCUT2D eigenvalue weighted by Crippen LogP contribution is 2.18. The average Bonchev–Trinajstić information content (AvgIpc) is 3.06. The first kappa shape index (κ1) is 14.6. The minimum Gasteiger partial charge on any atom is -0.309 e. The molecule has 2 N–H and O–H groups in total. The summed E-state index contributed by atoms with van der Waals surface area (Å²) in [4.78, 5) is 22.9. The molecule has 1 aromatic carbocycles. The molecule has 6 nitrogen and oxygen atoms in total. The van der Waals surface area contributed by atoms with Crippen molar-refractivity contribution in [3.63, 3.8) is 0 Å². The predicted molar refractivity (Wildman–Crippen MR) is 92.0 cm³/mol. The molecule has 4 rings (SSSR count). The highest BCUT2D eigenvalue weighted by molar-refractivity contribution is 7.98. The molecule has 4 aromatic rings. The number of hydrogen-bond donors (Lipinski definition) is 1. The molecule has 7 heteroatoms. The van der Waals surface area contributed by atoms with Crippen LogP contribution in [0.4, 0.5) is 0 Å². The maximum atomic E-state index is 12.3. The van der Waals surface area contributed by atoms with Crippen molar-refractivity contribution in [2.24, 2.45) is 0 Å². The molecule has 0 amide bonds. The molecule has 3 aromatic heterocycles. The van der Waals surface area contributed by atoms with Gasteiger partial charge in [-0.05, 0) is 30.0 Å². The van der Waals surface area contributed by atoms with Crippen LogP contribution in [0, 0.1) is 0 Å². The van der Waals surface area contributed by atoms with Crippen LogP contribution in [0.15, 0.2) is 70.7 Å². The number of pyridine rings is 1. The van der Waals surface area contributed by atoms with Crippen molar-refractivity contribution >= 4 is 22.8 Å². The third-order valence-electron chi connectivity index (χ3n) is 3.53. The summed E-state index contributed by atoms with van der Waals surface area (Å²) in [5.74, 6) is 1.18. The molecule has 0 radical (unpaired) electrons. The SMILES string of the molecule is O=c1[nH]c(CSc2cccc[nH+]2)nc2c1cnn2-c1ccccc1. The zero-order valence-corrected chi connectivity index (χ0v) is 13.5. The van der Waals surface area contributed by atoms with E-state index in [4.69, 9.17) is 0 Å². The van der Waals surface area contributed by atoms with Gasteiger partial charge < -0.3 is 4.98 Å². The number of nitrogens with zero attached hydrogens (tertiary/aromatic N) is 3. The maximum Gasteiger partial charge on any atom is 0.262 e. The molecular weight excluding hydrogens is 322 g/mol. The van der Waals surface area contributed by atoms with Gasteiger partial charge in [-0.2, -0.15) is 5.10 Å². The van der Waals surface area contributed by atoms with Crippen molar-refractivity contribution in [1.82, 2.24) is 19.7 Å². The maximum absolute atomic E-state index is 12.3. The van der Waals surface area contributed by atoms with Crippen LogP contribution in [0.3, 0.4) is 0 Å². The van der Waals surface area contributed by atoms with E-state index in [2.05, 4.69) is 20.1 Å². The highest BCUT2D eigenvalue weighted by Gasteiger charge is 2.12. The Morgan fingerprint density at radius 2 is 1.96 bits per heavy atom. The minimum atomic E-state index is -0.171. The first-order chi connectivity index (χ1) is 11.8. The van der Waals surface area contributed by atoms with Crippen molar-refractivity contribution in [2.45, 2.75) is 10.8 Å². The fourth-order valence-corrected chi connectivity index (χ4v) is 3.16. The second kappa shape index (κ2) is 6.29. The number of thioether (sulfide) groups is 1. The van der Waals surface area contributed by atoms with Gasteiger partial charge in [0.15, 0.2) is 11.8 Å². The van der Waals surface area contributed by atoms with E-state index in [1.807, 2.05) is 54.7 Å². The average molecular weight is 336 g/mol. The van der Waals surface area contributed by atoms with Crippen molar-refractivity contribution in [3.8, 4) is 5.69 Å². The number of benzene rings is 1. The predicted octanol–water partition coefficient (Wildman–Crippen LogP) is 2.22. The van der Waals surface area contributed by atoms with E-state index >= 15 is 0 Å². The summed E-state index contributed by atoms with van der Waals surface area (Å²) >= 11 is 1.58. The monoisotopic (exact) mass is 336 g/mol. The van der Waals surface area contributed by atoms with Crippen LogP contribution in [0.1, 0.15) is 5.82 Å². The van der Waals surface area contributed by atoms with E-state index in [0.717, 1.165) is 10.7 Å². The largest absolute Gasteiger partial charge is 0.309 e. The minimum absolute atomic E-state index is 0.171. The van der Waals surface area contributed by atoms with Crippen LogP contribution in [-0.2, 0) is 5.75 Å². The number of nitrogens with one attached hydrogen (secondary N) is 2. The number of para-hydroxylation sites is 1. The van der Waals surface area contributed by atoms with Crippen LogP contribution in [0.2, 0.25) is 0 Å². The lowest BCUT2D eigenvalue weighted by atomic mass is 10.3. The summed E-state index contributed by atoms with van der Waals surface area (Å²) in [5, 5.41) is 5.80.